The molecule has 2 aliphatic heterocycles. The number of amides is 3. The van der Waals surface area contributed by atoms with E-state index in [1.807, 2.05) is 60.7 Å². The Hall–Kier alpha value is -4.21. The number of benzene rings is 2. The lowest BCUT2D eigenvalue weighted by Gasteiger charge is -2.49. The Bertz CT molecular complexity index is 1670. The van der Waals surface area contributed by atoms with Gasteiger partial charge in [0.25, 0.3) is 11.8 Å². The largest absolute Gasteiger partial charge is 0.448 e. The van der Waals surface area contributed by atoms with Crippen LogP contribution in [-0.2, 0) is 28.7 Å². The zero-order valence-electron chi connectivity index (χ0n) is 25.9. The summed E-state index contributed by atoms with van der Waals surface area (Å²) in [5.41, 5.74) is 1.64. The zero-order chi connectivity index (χ0) is 33.7. The number of β-lactam (4-membered cyclic amide) rings is 1. The number of hydrogen-bond donors (Lipinski definition) is 2. The summed E-state index contributed by atoms with van der Waals surface area (Å²) in [6.07, 6.45) is -1.40. The van der Waals surface area contributed by atoms with Gasteiger partial charge in [-0.1, -0.05) is 81.7 Å². The molecule has 2 N–H and O–H groups in total. The van der Waals surface area contributed by atoms with Crippen molar-refractivity contribution < 1.29 is 33.5 Å². The van der Waals surface area contributed by atoms with Gasteiger partial charge in [0.15, 0.2) is 16.9 Å². The van der Waals surface area contributed by atoms with Gasteiger partial charge in [-0.25, -0.2) is 14.6 Å². The molecule has 3 amide bonds. The molecule has 0 bridgehead atoms. The van der Waals surface area contributed by atoms with E-state index in [-0.39, 0.29) is 22.2 Å². The molecule has 0 unspecified atom stereocenters. The fourth-order valence-corrected chi connectivity index (χ4v) is 7.61. The van der Waals surface area contributed by atoms with Crippen molar-refractivity contribution in [3.8, 4) is 0 Å². The number of halogens is 1. The minimum Gasteiger partial charge on any atom is -0.448 e. The number of ether oxygens (including phenoxy) is 2. The molecule has 0 spiro atoms. The maximum Gasteiger partial charge on any atom is 0.413 e. The third-order valence-corrected chi connectivity index (χ3v) is 9.64. The van der Waals surface area contributed by atoms with Gasteiger partial charge in [0.05, 0.1) is 0 Å². The standard InChI is InChI=1S/C32H32BrN5O7S2/c1-32(2,3)45-31(42)36-30-34-21(17-47-30)22(37-43-4)26(39)35-23-27(40)38-24(20(15-33)16-46-28(23)38)29(41)44-25(18-11-7-5-8-12-18)19-13-9-6-10-14-19/h5-14,17,23,25,28H,15-16H2,1-4H3,(H,35,39)(H,34,36,42)/t23-,28+/m1/s1. The zero-order valence-corrected chi connectivity index (χ0v) is 29.1. The van der Waals surface area contributed by atoms with Crippen molar-refractivity contribution in [2.24, 2.45) is 5.16 Å². The van der Waals surface area contributed by atoms with Crippen LogP contribution in [0.3, 0.4) is 0 Å². The van der Waals surface area contributed by atoms with Crippen molar-refractivity contribution in [2.45, 2.75) is 43.9 Å². The average Bonchev–Trinajstić information content (AvgIpc) is 3.51. The minimum absolute atomic E-state index is 0.124. The number of esters is 1. The number of carbonyl (C=O) groups excluding carboxylic acids is 4. The van der Waals surface area contributed by atoms with Crippen LogP contribution in [0.2, 0.25) is 0 Å². The first-order chi connectivity index (χ1) is 22.5. The molecule has 1 saturated heterocycles. The first kappa shape index (κ1) is 34.1. The molecule has 2 atom stereocenters. The van der Waals surface area contributed by atoms with E-state index < -0.39 is 47.0 Å². The third-order valence-electron chi connectivity index (χ3n) is 6.87. The normalized spacial score (nSPS) is 17.9. The number of alkyl halides is 1. The van der Waals surface area contributed by atoms with Gasteiger partial charge in [-0.05, 0) is 37.5 Å². The molecule has 12 nitrogen and oxygen atoms in total. The van der Waals surface area contributed by atoms with Gasteiger partial charge >= 0.3 is 12.1 Å². The highest BCUT2D eigenvalue weighted by molar-refractivity contribution is 9.09. The first-order valence-corrected chi connectivity index (χ1v) is 17.5. The van der Waals surface area contributed by atoms with Crippen molar-refractivity contribution in [1.29, 1.82) is 0 Å². The molecule has 15 heteroatoms. The van der Waals surface area contributed by atoms with E-state index in [0.717, 1.165) is 22.5 Å². The van der Waals surface area contributed by atoms with Crippen molar-refractivity contribution in [2.75, 3.05) is 23.5 Å². The number of anilines is 1. The summed E-state index contributed by atoms with van der Waals surface area (Å²) in [6.45, 7) is 5.20. The number of fused-ring (bicyclic) bond motifs is 1. The Balaban J connectivity index is 1.31. The molecule has 0 radical (unpaired) electrons. The van der Waals surface area contributed by atoms with E-state index in [2.05, 4.69) is 36.7 Å². The minimum atomic E-state index is -0.953. The lowest BCUT2D eigenvalue weighted by atomic mass is 10.0. The highest BCUT2D eigenvalue weighted by Gasteiger charge is 2.55. The van der Waals surface area contributed by atoms with Crippen LogP contribution in [0, 0.1) is 0 Å². The SMILES string of the molecule is CON=C(C(=O)N[C@@H]1C(=O)N2C(C(=O)OC(c3ccccc3)c3ccccc3)=C(CBr)CS[C@@H]12)c1csc(NC(=O)OC(C)(C)C)n1. The summed E-state index contributed by atoms with van der Waals surface area (Å²) in [6, 6.07) is 17.8. The van der Waals surface area contributed by atoms with E-state index >= 15 is 0 Å². The Kier molecular flexibility index (Phi) is 10.7. The van der Waals surface area contributed by atoms with Crippen LogP contribution >= 0.6 is 39.0 Å². The molecule has 1 fully saturated rings. The molecule has 2 aromatic carbocycles. The lowest BCUT2D eigenvalue weighted by Crippen LogP contribution is -2.71. The van der Waals surface area contributed by atoms with Crippen molar-refractivity contribution >= 4 is 73.7 Å². The smallest absolute Gasteiger partial charge is 0.413 e. The van der Waals surface area contributed by atoms with Crippen molar-refractivity contribution in [3.05, 3.63) is 94.1 Å². The van der Waals surface area contributed by atoms with Crippen LogP contribution in [0.5, 0.6) is 0 Å². The number of hydrogen-bond acceptors (Lipinski definition) is 11. The third kappa shape index (κ3) is 7.85. The molecule has 246 valence electrons. The summed E-state index contributed by atoms with van der Waals surface area (Å²) in [4.78, 5) is 63.6. The molecule has 47 heavy (non-hydrogen) atoms. The summed E-state index contributed by atoms with van der Waals surface area (Å²) in [5, 5.41) is 10.6. The Morgan fingerprint density at radius 1 is 1.09 bits per heavy atom. The van der Waals surface area contributed by atoms with Gasteiger partial charge in [0.1, 0.15) is 35.5 Å². The van der Waals surface area contributed by atoms with Crippen molar-refractivity contribution in [3.63, 3.8) is 0 Å². The van der Waals surface area contributed by atoms with E-state index in [9.17, 15) is 19.2 Å². The van der Waals surface area contributed by atoms with Crippen LogP contribution < -0.4 is 10.6 Å². The topological polar surface area (TPSA) is 149 Å². The van der Waals surface area contributed by atoms with E-state index in [1.165, 1.54) is 29.2 Å². The Labute approximate surface area is 288 Å². The number of aromatic nitrogens is 1. The molecule has 1 aromatic heterocycles. The quantitative estimate of drug-likeness (QED) is 0.0938. The van der Waals surface area contributed by atoms with Gasteiger partial charge in [0.2, 0.25) is 0 Å². The van der Waals surface area contributed by atoms with Gasteiger partial charge in [-0.2, -0.15) is 0 Å². The molecule has 3 aromatic rings. The number of thiazole rings is 1. The first-order valence-electron chi connectivity index (χ1n) is 14.4. The molecule has 0 saturated carbocycles. The second-order valence-electron chi connectivity index (χ2n) is 11.3. The number of nitrogens with one attached hydrogen (secondary N) is 2. The maximum absolute atomic E-state index is 13.8. The summed E-state index contributed by atoms with van der Waals surface area (Å²) in [5.74, 6) is -1.40. The lowest BCUT2D eigenvalue weighted by molar-refractivity contribution is -0.154. The molecule has 5 rings (SSSR count). The predicted octanol–water partition coefficient (Wildman–Crippen LogP) is 5.22. The van der Waals surface area contributed by atoms with E-state index in [1.54, 1.807) is 20.8 Å². The number of rotatable bonds is 10. The summed E-state index contributed by atoms with van der Waals surface area (Å²) < 4.78 is 11.4. The van der Waals surface area contributed by atoms with Crippen LogP contribution in [0.1, 0.15) is 43.7 Å². The molecular formula is C32H32BrN5O7S2. The number of carbonyl (C=O) groups is 4. The fraction of sp³-hybridized carbons (Fsp3) is 0.312. The molecule has 0 aliphatic carbocycles. The predicted molar refractivity (Wildman–Crippen MR) is 182 cm³/mol. The average molecular weight is 743 g/mol. The second-order valence-corrected chi connectivity index (χ2v) is 13.9. The highest BCUT2D eigenvalue weighted by atomic mass is 79.9. The van der Waals surface area contributed by atoms with Gasteiger partial charge < -0.3 is 19.6 Å². The number of thioether (sulfide) groups is 1. The molecule has 2 aliphatic rings. The van der Waals surface area contributed by atoms with Crippen molar-refractivity contribution in [1.82, 2.24) is 15.2 Å². The Morgan fingerprint density at radius 3 is 2.30 bits per heavy atom. The van der Waals surface area contributed by atoms with Gasteiger partial charge in [-0.3, -0.25) is 19.8 Å². The number of oxime groups is 1. The summed E-state index contributed by atoms with van der Waals surface area (Å²) in [7, 11) is 1.27. The van der Waals surface area contributed by atoms with E-state index in [0.29, 0.717) is 16.7 Å². The van der Waals surface area contributed by atoms with Gasteiger partial charge in [0, 0.05) is 16.5 Å². The Morgan fingerprint density at radius 2 is 1.72 bits per heavy atom. The highest BCUT2D eigenvalue weighted by Crippen LogP contribution is 2.42. The maximum atomic E-state index is 13.8. The molecular weight excluding hydrogens is 710 g/mol. The number of nitrogens with zero attached hydrogens (tertiary/aromatic N) is 3. The second kappa shape index (κ2) is 14.7. The monoisotopic (exact) mass is 741 g/mol. The van der Waals surface area contributed by atoms with Crippen LogP contribution in [0.25, 0.3) is 0 Å². The van der Waals surface area contributed by atoms with Crippen LogP contribution in [0.4, 0.5) is 9.93 Å². The fourth-order valence-electron chi connectivity index (χ4n) is 4.86. The molecule has 3 heterocycles. The van der Waals surface area contributed by atoms with E-state index in [4.69, 9.17) is 14.3 Å². The summed E-state index contributed by atoms with van der Waals surface area (Å²) >= 11 is 5.94. The van der Waals surface area contributed by atoms with Crippen LogP contribution in [-0.4, -0.2) is 74.7 Å². The van der Waals surface area contributed by atoms with Crippen LogP contribution in [0.15, 0.2) is 82.5 Å². The van der Waals surface area contributed by atoms with Gasteiger partial charge in [-0.15, -0.1) is 23.1 Å².